The zero-order valence-corrected chi connectivity index (χ0v) is 15.7. The molecular formula is C21H20F2N4O2. The van der Waals surface area contributed by atoms with Crippen molar-refractivity contribution in [3.05, 3.63) is 65.7 Å². The van der Waals surface area contributed by atoms with Crippen LogP contribution in [0.4, 0.5) is 14.5 Å². The second-order valence-corrected chi connectivity index (χ2v) is 7.03. The molecule has 0 unspecified atom stereocenters. The zero-order chi connectivity index (χ0) is 20.4. The number of rotatable bonds is 3. The van der Waals surface area contributed by atoms with E-state index >= 15 is 0 Å². The largest absolute Gasteiger partial charge is 0.337 e. The molecule has 0 aliphatic carbocycles. The van der Waals surface area contributed by atoms with Gasteiger partial charge < -0.3 is 10.2 Å². The minimum Gasteiger partial charge on any atom is -0.337 e. The number of benzene rings is 1. The summed E-state index contributed by atoms with van der Waals surface area (Å²) in [6.45, 7) is 1.34. The van der Waals surface area contributed by atoms with Gasteiger partial charge in [-0.2, -0.15) is 0 Å². The van der Waals surface area contributed by atoms with Crippen molar-refractivity contribution in [1.82, 2.24) is 14.3 Å². The third kappa shape index (κ3) is 3.83. The Morgan fingerprint density at radius 1 is 0.966 bits per heavy atom. The van der Waals surface area contributed by atoms with Crippen LogP contribution in [0.1, 0.15) is 46.8 Å². The number of halogens is 2. The first kappa shape index (κ1) is 19.0. The van der Waals surface area contributed by atoms with E-state index in [9.17, 15) is 18.4 Å². The van der Waals surface area contributed by atoms with Crippen LogP contribution < -0.4 is 5.32 Å². The normalized spacial score (nSPS) is 14.6. The van der Waals surface area contributed by atoms with Crippen LogP contribution in [-0.2, 0) is 0 Å². The molecule has 2 amide bonds. The van der Waals surface area contributed by atoms with Crippen LogP contribution in [-0.4, -0.2) is 39.2 Å². The van der Waals surface area contributed by atoms with Gasteiger partial charge in [-0.15, -0.1) is 0 Å². The second-order valence-electron chi connectivity index (χ2n) is 7.03. The van der Waals surface area contributed by atoms with Crippen LogP contribution >= 0.6 is 0 Å². The van der Waals surface area contributed by atoms with Crippen molar-refractivity contribution < 1.29 is 18.4 Å². The van der Waals surface area contributed by atoms with Gasteiger partial charge in [0.2, 0.25) is 5.82 Å². The van der Waals surface area contributed by atoms with Crippen LogP contribution in [0.3, 0.4) is 0 Å². The highest BCUT2D eigenvalue weighted by atomic mass is 19.2. The van der Waals surface area contributed by atoms with Gasteiger partial charge in [0.1, 0.15) is 0 Å². The molecular weight excluding hydrogens is 378 g/mol. The van der Waals surface area contributed by atoms with Gasteiger partial charge in [-0.25, -0.2) is 13.8 Å². The minimum atomic E-state index is -1.06. The van der Waals surface area contributed by atoms with Gasteiger partial charge in [0.25, 0.3) is 11.8 Å². The maximum atomic E-state index is 13.4. The van der Waals surface area contributed by atoms with Crippen LogP contribution in [0.2, 0.25) is 0 Å². The Morgan fingerprint density at radius 3 is 2.45 bits per heavy atom. The van der Waals surface area contributed by atoms with Gasteiger partial charge in [-0.3, -0.25) is 14.0 Å². The molecule has 0 saturated carbocycles. The lowest BCUT2D eigenvalue weighted by Crippen LogP contribution is -2.32. The number of nitrogens with zero attached hydrogens (tertiary/aromatic N) is 3. The number of anilines is 1. The summed E-state index contributed by atoms with van der Waals surface area (Å²) in [6, 6.07) is 8.31. The van der Waals surface area contributed by atoms with E-state index in [0.717, 1.165) is 37.8 Å². The van der Waals surface area contributed by atoms with Crippen molar-refractivity contribution in [3.63, 3.8) is 0 Å². The van der Waals surface area contributed by atoms with Gasteiger partial charge in [-0.05, 0) is 37.1 Å². The summed E-state index contributed by atoms with van der Waals surface area (Å²) in [4.78, 5) is 31.9. The average Bonchev–Trinajstić information content (AvgIpc) is 2.90. The molecule has 150 valence electrons. The van der Waals surface area contributed by atoms with Crippen LogP contribution in [0, 0.1) is 11.6 Å². The Kier molecular flexibility index (Phi) is 5.24. The molecule has 4 rings (SSSR count). The number of imidazole rings is 1. The molecule has 0 bridgehead atoms. The first-order chi connectivity index (χ1) is 14.0. The maximum Gasteiger partial charge on any atom is 0.292 e. The summed E-state index contributed by atoms with van der Waals surface area (Å²) < 4.78 is 28.1. The van der Waals surface area contributed by atoms with Gasteiger partial charge in [0, 0.05) is 31.0 Å². The van der Waals surface area contributed by atoms with E-state index in [1.165, 1.54) is 10.5 Å². The van der Waals surface area contributed by atoms with Crippen molar-refractivity contribution in [3.8, 4) is 0 Å². The molecule has 1 fully saturated rings. The third-order valence-corrected chi connectivity index (χ3v) is 5.02. The number of pyridine rings is 1. The van der Waals surface area contributed by atoms with E-state index in [2.05, 4.69) is 10.3 Å². The van der Waals surface area contributed by atoms with Crippen molar-refractivity contribution in [2.45, 2.75) is 25.7 Å². The molecule has 6 nitrogen and oxygen atoms in total. The number of nitrogens with one attached hydrogen (secondary N) is 1. The topological polar surface area (TPSA) is 66.7 Å². The number of hydrogen-bond acceptors (Lipinski definition) is 3. The maximum absolute atomic E-state index is 13.4. The molecule has 1 N–H and O–H groups in total. The Bertz CT molecular complexity index is 1070. The van der Waals surface area contributed by atoms with Gasteiger partial charge in [0.15, 0.2) is 17.3 Å². The predicted molar refractivity (Wildman–Crippen MR) is 104 cm³/mol. The van der Waals surface area contributed by atoms with Crippen molar-refractivity contribution in [1.29, 1.82) is 0 Å². The highest BCUT2D eigenvalue weighted by molar-refractivity contribution is 6.06. The van der Waals surface area contributed by atoms with Crippen molar-refractivity contribution >= 4 is 23.0 Å². The van der Waals surface area contributed by atoms with E-state index in [-0.39, 0.29) is 23.1 Å². The Hall–Kier alpha value is -3.29. The van der Waals surface area contributed by atoms with E-state index in [1.54, 1.807) is 29.3 Å². The molecule has 2 aromatic heterocycles. The van der Waals surface area contributed by atoms with Crippen molar-refractivity contribution in [2.75, 3.05) is 18.4 Å². The summed E-state index contributed by atoms with van der Waals surface area (Å²) in [5.74, 6) is -2.88. The molecule has 3 aromatic rings. The zero-order valence-electron chi connectivity index (χ0n) is 15.7. The highest BCUT2D eigenvalue weighted by Gasteiger charge is 2.25. The molecule has 1 aliphatic heterocycles. The fraction of sp³-hybridized carbons (Fsp3) is 0.286. The summed E-state index contributed by atoms with van der Waals surface area (Å²) in [6.07, 6.45) is 5.72. The molecule has 1 aliphatic rings. The lowest BCUT2D eigenvalue weighted by Gasteiger charge is -2.19. The second kappa shape index (κ2) is 7.98. The quantitative estimate of drug-likeness (QED) is 0.728. The lowest BCUT2D eigenvalue weighted by molar-refractivity contribution is 0.0758. The minimum absolute atomic E-state index is 0.00325. The smallest absolute Gasteiger partial charge is 0.292 e. The molecule has 29 heavy (non-hydrogen) atoms. The fourth-order valence-electron chi connectivity index (χ4n) is 3.54. The number of amides is 2. The standard InChI is InChI=1S/C21H20F2N4O2/c22-15-9-8-14(13-16(15)23)24-20(28)19-25-18(17-7-3-6-12-27(17)19)21(29)26-10-4-1-2-5-11-26/h3,6-9,12-13H,1-2,4-5,10-11H2,(H,24,28). The monoisotopic (exact) mass is 398 g/mol. The lowest BCUT2D eigenvalue weighted by atomic mass is 10.2. The number of fused-ring (bicyclic) bond motifs is 1. The number of hydrogen-bond donors (Lipinski definition) is 1. The Labute approximate surface area is 166 Å². The van der Waals surface area contributed by atoms with E-state index in [1.807, 2.05) is 0 Å². The first-order valence-electron chi connectivity index (χ1n) is 9.57. The van der Waals surface area contributed by atoms with Crippen molar-refractivity contribution in [2.24, 2.45) is 0 Å². The summed E-state index contributed by atoms with van der Waals surface area (Å²) >= 11 is 0. The molecule has 1 saturated heterocycles. The van der Waals surface area contributed by atoms with Crippen LogP contribution in [0.25, 0.3) is 5.52 Å². The molecule has 8 heteroatoms. The summed E-state index contributed by atoms with van der Waals surface area (Å²) in [5, 5.41) is 2.51. The van der Waals surface area contributed by atoms with E-state index < -0.39 is 17.5 Å². The summed E-state index contributed by atoms with van der Waals surface area (Å²) in [5.41, 5.74) is 0.835. The molecule has 0 radical (unpaired) electrons. The summed E-state index contributed by atoms with van der Waals surface area (Å²) in [7, 11) is 0. The molecule has 1 aromatic carbocycles. The molecule has 0 atom stereocenters. The Morgan fingerprint density at radius 2 is 1.72 bits per heavy atom. The molecule has 0 spiro atoms. The predicted octanol–water partition coefficient (Wildman–Crippen LogP) is 3.88. The molecule has 3 heterocycles. The number of likely N-dealkylation sites (tertiary alicyclic amines) is 1. The van der Waals surface area contributed by atoms with Gasteiger partial charge in [-0.1, -0.05) is 18.9 Å². The van der Waals surface area contributed by atoms with Gasteiger partial charge in [0.05, 0.1) is 5.52 Å². The van der Waals surface area contributed by atoms with Crippen LogP contribution in [0.15, 0.2) is 42.6 Å². The van der Waals surface area contributed by atoms with Crippen LogP contribution in [0.5, 0.6) is 0 Å². The number of carbonyl (C=O) groups is 2. The fourth-order valence-corrected chi connectivity index (χ4v) is 3.54. The Balaban J connectivity index is 1.67. The SMILES string of the molecule is O=C(Nc1ccc(F)c(F)c1)c1nc(C(=O)N2CCCCCC2)c2ccccn12. The first-order valence-corrected chi connectivity index (χ1v) is 9.57. The van der Waals surface area contributed by atoms with E-state index in [4.69, 9.17) is 0 Å². The number of carbonyl (C=O) groups excluding carboxylic acids is 2. The highest BCUT2D eigenvalue weighted by Crippen LogP contribution is 2.20. The third-order valence-electron chi connectivity index (χ3n) is 5.02. The number of aromatic nitrogens is 2. The van der Waals surface area contributed by atoms with Gasteiger partial charge >= 0.3 is 0 Å². The average molecular weight is 398 g/mol. The van der Waals surface area contributed by atoms with E-state index in [0.29, 0.717) is 18.6 Å².